The number of nitrogens with zero attached hydrogens (tertiary/aromatic N) is 3. The van der Waals surface area contributed by atoms with Gasteiger partial charge in [0.15, 0.2) is 0 Å². The number of carboxylic acid groups (broad SMARTS) is 1. The molecule has 0 amide bonds. The number of hydrogen-bond acceptors (Lipinski definition) is 7. The predicted octanol–water partition coefficient (Wildman–Crippen LogP) is 3.32. The molecule has 0 spiro atoms. The first kappa shape index (κ1) is 22.0. The van der Waals surface area contributed by atoms with Crippen LogP contribution in [0.15, 0.2) is 51.9 Å². The second-order valence-corrected chi connectivity index (χ2v) is 9.61. The summed E-state index contributed by atoms with van der Waals surface area (Å²) in [4.78, 5) is 15.9. The van der Waals surface area contributed by atoms with Gasteiger partial charge in [0, 0.05) is 24.6 Å². The van der Waals surface area contributed by atoms with Gasteiger partial charge in [-0.1, -0.05) is 35.0 Å². The molecule has 2 heterocycles. The summed E-state index contributed by atoms with van der Waals surface area (Å²) in [6.45, 7) is 2.54. The summed E-state index contributed by atoms with van der Waals surface area (Å²) in [5.41, 5.74) is 1.80. The molecule has 1 saturated heterocycles. The lowest BCUT2D eigenvalue weighted by Crippen LogP contribution is -2.38. The van der Waals surface area contributed by atoms with Crippen molar-refractivity contribution in [2.75, 3.05) is 20.2 Å². The summed E-state index contributed by atoms with van der Waals surface area (Å²) in [6.07, 6.45) is 1.05. The highest BCUT2D eigenvalue weighted by Crippen LogP contribution is 2.32. The van der Waals surface area contributed by atoms with Gasteiger partial charge >= 0.3 is 5.97 Å². The van der Waals surface area contributed by atoms with Gasteiger partial charge in [0.05, 0.1) is 12.0 Å². The second kappa shape index (κ2) is 8.71. The Morgan fingerprint density at radius 3 is 2.47 bits per heavy atom. The first-order valence-electron chi connectivity index (χ1n) is 10.1. The smallest absolute Gasteiger partial charge is 0.339 e. The van der Waals surface area contributed by atoms with Gasteiger partial charge in [-0.3, -0.25) is 0 Å². The van der Waals surface area contributed by atoms with Gasteiger partial charge < -0.3 is 14.4 Å². The molecule has 0 atom stereocenters. The largest absolute Gasteiger partial charge is 0.496 e. The molecule has 1 aromatic heterocycles. The van der Waals surface area contributed by atoms with Crippen molar-refractivity contribution in [1.82, 2.24) is 14.4 Å². The standard InChI is InChI=1S/C22H23N3O6S/c1-14-3-5-15(6-4-14)20-23-21(31-24-20)16-9-11-25(12-10-16)32(28,29)17-7-8-19(30-2)18(13-17)22(26)27/h3-8,13,16H,9-12H2,1-2H3,(H,26,27). The minimum atomic E-state index is -3.84. The molecule has 9 nitrogen and oxygen atoms in total. The number of ether oxygens (including phenoxy) is 1. The molecule has 0 aliphatic carbocycles. The number of aryl methyl sites for hydroxylation is 1. The molecule has 168 valence electrons. The van der Waals surface area contributed by atoms with Crippen molar-refractivity contribution >= 4 is 16.0 Å². The zero-order chi connectivity index (χ0) is 22.9. The molecule has 0 saturated carbocycles. The van der Waals surface area contributed by atoms with E-state index in [1.165, 1.54) is 23.5 Å². The van der Waals surface area contributed by atoms with E-state index in [-0.39, 0.29) is 35.2 Å². The van der Waals surface area contributed by atoms with E-state index in [0.29, 0.717) is 24.6 Å². The number of rotatable bonds is 6. The summed E-state index contributed by atoms with van der Waals surface area (Å²) >= 11 is 0. The fourth-order valence-electron chi connectivity index (χ4n) is 3.73. The molecule has 2 aromatic carbocycles. The van der Waals surface area contributed by atoms with Crippen molar-refractivity contribution in [2.45, 2.75) is 30.6 Å². The van der Waals surface area contributed by atoms with Gasteiger partial charge in [-0.05, 0) is 38.0 Å². The number of aromatic nitrogens is 2. The monoisotopic (exact) mass is 457 g/mol. The number of benzene rings is 2. The van der Waals surface area contributed by atoms with Crippen LogP contribution < -0.4 is 4.74 Å². The van der Waals surface area contributed by atoms with Gasteiger partial charge in [-0.2, -0.15) is 9.29 Å². The quantitative estimate of drug-likeness (QED) is 0.598. The molecular weight excluding hydrogens is 434 g/mol. The summed E-state index contributed by atoms with van der Waals surface area (Å²) in [5.74, 6) is -0.183. The summed E-state index contributed by atoms with van der Waals surface area (Å²) in [5, 5.41) is 13.4. The highest BCUT2D eigenvalue weighted by atomic mass is 32.2. The van der Waals surface area contributed by atoms with Crippen LogP contribution in [0.4, 0.5) is 0 Å². The summed E-state index contributed by atoms with van der Waals surface area (Å²) in [6, 6.07) is 11.7. The Bertz CT molecular complexity index is 1230. The van der Waals surface area contributed by atoms with Gasteiger partial charge in [0.25, 0.3) is 0 Å². The van der Waals surface area contributed by atoms with E-state index in [0.717, 1.165) is 17.2 Å². The van der Waals surface area contributed by atoms with Gasteiger partial charge in [-0.25, -0.2) is 13.2 Å². The average Bonchev–Trinajstić information content (AvgIpc) is 3.29. The molecule has 1 aliphatic rings. The van der Waals surface area contributed by atoms with E-state index in [4.69, 9.17) is 9.26 Å². The third-order valence-corrected chi connectivity index (χ3v) is 7.49. The first-order valence-corrected chi connectivity index (χ1v) is 11.6. The van der Waals surface area contributed by atoms with E-state index in [9.17, 15) is 18.3 Å². The molecule has 32 heavy (non-hydrogen) atoms. The third-order valence-electron chi connectivity index (χ3n) is 5.59. The Morgan fingerprint density at radius 1 is 1.16 bits per heavy atom. The zero-order valence-electron chi connectivity index (χ0n) is 17.7. The van der Waals surface area contributed by atoms with E-state index in [1.54, 1.807) is 0 Å². The van der Waals surface area contributed by atoms with Gasteiger partial charge in [0.1, 0.15) is 11.3 Å². The molecule has 0 radical (unpaired) electrons. The van der Waals surface area contributed by atoms with Crippen LogP contribution >= 0.6 is 0 Å². The first-order chi connectivity index (χ1) is 15.3. The van der Waals surface area contributed by atoms with E-state index in [2.05, 4.69) is 10.1 Å². The average molecular weight is 458 g/mol. The molecule has 10 heteroatoms. The van der Waals surface area contributed by atoms with E-state index in [1.807, 2.05) is 31.2 Å². The van der Waals surface area contributed by atoms with Crippen molar-refractivity contribution < 1.29 is 27.6 Å². The fraction of sp³-hybridized carbons (Fsp3) is 0.318. The zero-order valence-corrected chi connectivity index (χ0v) is 18.5. The molecule has 1 fully saturated rings. The maximum absolute atomic E-state index is 13.1. The van der Waals surface area contributed by atoms with Crippen molar-refractivity contribution in [3.8, 4) is 17.1 Å². The highest BCUT2D eigenvalue weighted by molar-refractivity contribution is 7.89. The normalized spacial score (nSPS) is 15.6. The number of aromatic carboxylic acids is 1. The lowest BCUT2D eigenvalue weighted by molar-refractivity contribution is 0.0693. The predicted molar refractivity (Wildman–Crippen MR) is 115 cm³/mol. The number of methoxy groups -OCH3 is 1. The van der Waals surface area contributed by atoms with Crippen LogP contribution in [0.25, 0.3) is 11.4 Å². The topological polar surface area (TPSA) is 123 Å². The van der Waals surface area contributed by atoms with Crippen molar-refractivity contribution in [1.29, 1.82) is 0 Å². The van der Waals surface area contributed by atoms with Crippen molar-refractivity contribution in [3.63, 3.8) is 0 Å². The fourth-order valence-corrected chi connectivity index (χ4v) is 5.22. The number of carboxylic acids is 1. The Morgan fingerprint density at radius 2 is 1.84 bits per heavy atom. The summed E-state index contributed by atoms with van der Waals surface area (Å²) < 4.78 is 37.9. The Labute approximate surface area is 185 Å². The molecule has 0 bridgehead atoms. The van der Waals surface area contributed by atoms with Crippen LogP contribution in [0.5, 0.6) is 5.75 Å². The Kier molecular flexibility index (Phi) is 5.98. The summed E-state index contributed by atoms with van der Waals surface area (Å²) in [7, 11) is -2.51. The lowest BCUT2D eigenvalue weighted by Gasteiger charge is -2.29. The molecule has 0 unspecified atom stereocenters. The van der Waals surface area contributed by atoms with Gasteiger partial charge in [0.2, 0.25) is 21.7 Å². The maximum atomic E-state index is 13.1. The Balaban J connectivity index is 1.47. The molecule has 1 N–H and O–H groups in total. The number of sulfonamides is 1. The lowest BCUT2D eigenvalue weighted by atomic mass is 9.98. The van der Waals surface area contributed by atoms with Gasteiger partial charge in [-0.15, -0.1) is 0 Å². The van der Waals surface area contributed by atoms with Crippen LogP contribution in [0.1, 0.15) is 40.6 Å². The maximum Gasteiger partial charge on any atom is 0.339 e. The van der Waals surface area contributed by atoms with Crippen molar-refractivity contribution in [2.24, 2.45) is 0 Å². The molecular formula is C22H23N3O6S. The number of hydrogen-bond donors (Lipinski definition) is 1. The SMILES string of the molecule is COc1ccc(S(=O)(=O)N2CCC(c3nc(-c4ccc(C)cc4)no3)CC2)cc1C(=O)O. The van der Waals surface area contributed by atoms with E-state index >= 15 is 0 Å². The van der Waals surface area contributed by atoms with Crippen LogP contribution in [0.2, 0.25) is 0 Å². The highest BCUT2D eigenvalue weighted by Gasteiger charge is 2.33. The third kappa shape index (κ3) is 4.23. The van der Waals surface area contributed by atoms with Crippen LogP contribution in [0, 0.1) is 6.92 Å². The Hall–Kier alpha value is -3.24. The minimum absolute atomic E-state index is 0.0430. The van der Waals surface area contributed by atoms with E-state index < -0.39 is 16.0 Å². The van der Waals surface area contributed by atoms with Crippen LogP contribution in [-0.2, 0) is 10.0 Å². The van der Waals surface area contributed by atoms with Crippen LogP contribution in [0.3, 0.4) is 0 Å². The van der Waals surface area contributed by atoms with Crippen molar-refractivity contribution in [3.05, 3.63) is 59.5 Å². The number of piperidine rings is 1. The molecule has 3 aromatic rings. The second-order valence-electron chi connectivity index (χ2n) is 7.67. The molecule has 1 aliphatic heterocycles. The molecule has 4 rings (SSSR count). The van der Waals surface area contributed by atoms with Crippen LogP contribution in [-0.4, -0.2) is 54.1 Å². The minimum Gasteiger partial charge on any atom is -0.496 e. The number of carbonyl (C=O) groups is 1.